The van der Waals surface area contributed by atoms with E-state index in [0.717, 1.165) is 28.1 Å². The average molecular weight is 252 g/mol. The molecule has 0 unspecified atom stereocenters. The van der Waals surface area contributed by atoms with Crippen molar-refractivity contribution in [1.29, 1.82) is 0 Å². The lowest BCUT2D eigenvalue weighted by Crippen LogP contribution is -2.08. The minimum atomic E-state index is -0.222. The number of nitrogens with two attached hydrogens (primary N) is 1. The summed E-state index contributed by atoms with van der Waals surface area (Å²) in [4.78, 5) is 11.5. The number of hydrogen-bond donors (Lipinski definition) is 2. The Labute approximate surface area is 112 Å². The summed E-state index contributed by atoms with van der Waals surface area (Å²) in [6, 6.07) is 13.4. The van der Waals surface area contributed by atoms with Gasteiger partial charge in [-0.3, -0.25) is 4.79 Å². The fraction of sp³-hybridized carbons (Fsp3) is 0.0625. The van der Waals surface area contributed by atoms with Gasteiger partial charge in [-0.15, -0.1) is 0 Å². The summed E-state index contributed by atoms with van der Waals surface area (Å²) in [5, 5.41) is 2.81. The highest BCUT2D eigenvalue weighted by Gasteiger charge is 2.08. The summed E-state index contributed by atoms with van der Waals surface area (Å²) in [6.07, 6.45) is 1.26. The van der Waals surface area contributed by atoms with Gasteiger partial charge in [0.2, 0.25) is 5.91 Å². The molecule has 2 rings (SSSR count). The molecule has 0 fully saturated rings. The Hall–Kier alpha value is -2.55. The largest absolute Gasteiger partial charge is 0.399 e. The van der Waals surface area contributed by atoms with E-state index in [1.54, 1.807) is 0 Å². The first-order valence-corrected chi connectivity index (χ1v) is 6.01. The zero-order valence-electron chi connectivity index (χ0n) is 10.8. The molecule has 2 aromatic rings. The Morgan fingerprint density at radius 3 is 2.63 bits per heavy atom. The number of nitrogen functional groups attached to an aromatic ring is 1. The SMILES string of the molecule is C=CC(=O)Nc1ccccc1-c1ccc(N)cc1C. The van der Waals surface area contributed by atoms with Gasteiger partial charge < -0.3 is 11.1 Å². The van der Waals surface area contributed by atoms with Gasteiger partial charge in [-0.25, -0.2) is 0 Å². The van der Waals surface area contributed by atoms with Crippen LogP contribution in [0.25, 0.3) is 11.1 Å². The van der Waals surface area contributed by atoms with Crippen molar-refractivity contribution in [3.63, 3.8) is 0 Å². The van der Waals surface area contributed by atoms with Crippen LogP contribution in [-0.2, 0) is 4.79 Å². The lowest BCUT2D eigenvalue weighted by molar-refractivity contribution is -0.111. The van der Waals surface area contributed by atoms with Gasteiger partial charge in [0.15, 0.2) is 0 Å². The zero-order chi connectivity index (χ0) is 13.8. The Morgan fingerprint density at radius 2 is 1.95 bits per heavy atom. The molecular formula is C16H16N2O. The molecule has 96 valence electrons. The molecule has 0 saturated carbocycles. The van der Waals surface area contributed by atoms with Crippen LogP contribution in [0, 0.1) is 6.92 Å². The molecule has 3 N–H and O–H groups in total. The summed E-state index contributed by atoms with van der Waals surface area (Å²) in [5.41, 5.74) is 10.3. The van der Waals surface area contributed by atoms with Crippen molar-refractivity contribution in [2.75, 3.05) is 11.1 Å². The van der Waals surface area contributed by atoms with Crippen molar-refractivity contribution in [2.24, 2.45) is 0 Å². The Bertz CT molecular complexity index is 632. The zero-order valence-corrected chi connectivity index (χ0v) is 10.8. The number of rotatable bonds is 3. The highest BCUT2D eigenvalue weighted by molar-refractivity contribution is 6.01. The summed E-state index contributed by atoms with van der Waals surface area (Å²) in [7, 11) is 0. The molecule has 0 aliphatic heterocycles. The van der Waals surface area contributed by atoms with Crippen molar-refractivity contribution < 1.29 is 4.79 Å². The molecule has 0 aliphatic carbocycles. The first-order chi connectivity index (χ1) is 9.11. The number of benzene rings is 2. The molecule has 0 saturated heterocycles. The first kappa shape index (κ1) is 12.9. The van der Waals surface area contributed by atoms with Crippen LogP contribution in [0.2, 0.25) is 0 Å². The maximum absolute atomic E-state index is 11.5. The molecule has 0 heterocycles. The van der Waals surface area contributed by atoms with Crippen LogP contribution >= 0.6 is 0 Å². The molecule has 3 heteroatoms. The van der Waals surface area contributed by atoms with Crippen LogP contribution in [0.5, 0.6) is 0 Å². The van der Waals surface area contributed by atoms with Crippen LogP contribution in [0.15, 0.2) is 55.1 Å². The number of carbonyl (C=O) groups is 1. The van der Waals surface area contributed by atoms with Gasteiger partial charge in [0.1, 0.15) is 0 Å². The third-order valence-corrected chi connectivity index (χ3v) is 2.91. The first-order valence-electron chi connectivity index (χ1n) is 6.01. The molecule has 0 aliphatic rings. The average Bonchev–Trinajstić information content (AvgIpc) is 2.40. The van der Waals surface area contributed by atoms with E-state index in [-0.39, 0.29) is 5.91 Å². The van der Waals surface area contributed by atoms with Gasteiger partial charge in [0.05, 0.1) is 0 Å². The number of amides is 1. The number of carbonyl (C=O) groups excluding carboxylic acids is 1. The highest BCUT2D eigenvalue weighted by atomic mass is 16.1. The number of nitrogens with one attached hydrogen (secondary N) is 1. The second-order valence-electron chi connectivity index (χ2n) is 4.31. The second kappa shape index (κ2) is 5.40. The summed E-state index contributed by atoms with van der Waals surface area (Å²) >= 11 is 0. The summed E-state index contributed by atoms with van der Waals surface area (Å²) in [5.74, 6) is -0.222. The third kappa shape index (κ3) is 2.83. The number of para-hydroxylation sites is 1. The van der Waals surface area contributed by atoms with Crippen LogP contribution in [0.1, 0.15) is 5.56 Å². The van der Waals surface area contributed by atoms with E-state index >= 15 is 0 Å². The minimum Gasteiger partial charge on any atom is -0.399 e. The Kier molecular flexibility index (Phi) is 3.66. The molecule has 2 aromatic carbocycles. The lowest BCUT2D eigenvalue weighted by atomic mass is 9.98. The van der Waals surface area contributed by atoms with Gasteiger partial charge in [0, 0.05) is 16.9 Å². The maximum Gasteiger partial charge on any atom is 0.247 e. The molecule has 0 spiro atoms. The molecule has 0 bridgehead atoms. The molecule has 0 radical (unpaired) electrons. The van der Waals surface area contributed by atoms with Gasteiger partial charge >= 0.3 is 0 Å². The van der Waals surface area contributed by atoms with Gasteiger partial charge in [-0.2, -0.15) is 0 Å². The smallest absolute Gasteiger partial charge is 0.247 e. The van der Waals surface area contributed by atoms with Crippen LogP contribution in [0.3, 0.4) is 0 Å². The van der Waals surface area contributed by atoms with Gasteiger partial charge in [-0.1, -0.05) is 30.8 Å². The predicted molar refractivity (Wildman–Crippen MR) is 79.9 cm³/mol. The molecule has 3 nitrogen and oxygen atoms in total. The predicted octanol–water partition coefficient (Wildman–Crippen LogP) is 3.37. The van der Waals surface area contributed by atoms with E-state index in [1.165, 1.54) is 6.08 Å². The lowest BCUT2D eigenvalue weighted by Gasteiger charge is -2.12. The molecule has 0 atom stereocenters. The molecular weight excluding hydrogens is 236 g/mol. The second-order valence-corrected chi connectivity index (χ2v) is 4.31. The highest BCUT2D eigenvalue weighted by Crippen LogP contribution is 2.31. The van der Waals surface area contributed by atoms with E-state index in [1.807, 2.05) is 49.4 Å². The standard InChI is InChI=1S/C16H16N2O/c1-3-16(19)18-15-7-5-4-6-14(15)13-9-8-12(17)10-11(13)2/h3-10H,1,17H2,2H3,(H,18,19). The van der Waals surface area contributed by atoms with Crippen LogP contribution in [0.4, 0.5) is 11.4 Å². The fourth-order valence-electron chi connectivity index (χ4n) is 2.00. The molecule has 0 aromatic heterocycles. The fourth-order valence-corrected chi connectivity index (χ4v) is 2.00. The van der Waals surface area contributed by atoms with Crippen molar-refractivity contribution in [3.05, 3.63) is 60.7 Å². The molecule has 1 amide bonds. The van der Waals surface area contributed by atoms with Crippen molar-refractivity contribution in [1.82, 2.24) is 0 Å². The number of anilines is 2. The van der Waals surface area contributed by atoms with Crippen molar-refractivity contribution in [3.8, 4) is 11.1 Å². The topological polar surface area (TPSA) is 55.1 Å². The Balaban J connectivity index is 2.49. The third-order valence-electron chi connectivity index (χ3n) is 2.91. The van der Waals surface area contributed by atoms with E-state index in [4.69, 9.17) is 5.73 Å². The number of hydrogen-bond acceptors (Lipinski definition) is 2. The van der Waals surface area contributed by atoms with Crippen molar-refractivity contribution >= 4 is 17.3 Å². The van der Waals surface area contributed by atoms with Gasteiger partial charge in [0.25, 0.3) is 0 Å². The van der Waals surface area contributed by atoms with E-state index < -0.39 is 0 Å². The monoisotopic (exact) mass is 252 g/mol. The summed E-state index contributed by atoms with van der Waals surface area (Å²) in [6.45, 7) is 5.46. The Morgan fingerprint density at radius 1 is 1.21 bits per heavy atom. The molecule has 19 heavy (non-hydrogen) atoms. The minimum absolute atomic E-state index is 0.222. The quantitative estimate of drug-likeness (QED) is 0.650. The normalized spacial score (nSPS) is 9.95. The van der Waals surface area contributed by atoms with Gasteiger partial charge in [-0.05, 0) is 42.3 Å². The van der Waals surface area contributed by atoms with E-state index in [0.29, 0.717) is 0 Å². The van der Waals surface area contributed by atoms with E-state index in [9.17, 15) is 4.79 Å². The van der Waals surface area contributed by atoms with Crippen LogP contribution < -0.4 is 11.1 Å². The van der Waals surface area contributed by atoms with E-state index in [2.05, 4.69) is 11.9 Å². The van der Waals surface area contributed by atoms with Crippen molar-refractivity contribution in [2.45, 2.75) is 6.92 Å². The maximum atomic E-state index is 11.5. The summed E-state index contributed by atoms with van der Waals surface area (Å²) < 4.78 is 0. The van der Waals surface area contributed by atoms with Crippen LogP contribution in [-0.4, -0.2) is 5.91 Å². The number of aryl methyl sites for hydroxylation is 1.